The van der Waals surface area contributed by atoms with E-state index in [2.05, 4.69) is 29.0 Å². The van der Waals surface area contributed by atoms with E-state index in [0.717, 1.165) is 24.3 Å². The third kappa shape index (κ3) is 4.21. The van der Waals surface area contributed by atoms with Gasteiger partial charge in [-0.15, -0.1) is 0 Å². The molecule has 4 nitrogen and oxygen atoms in total. The van der Waals surface area contributed by atoms with Crippen molar-refractivity contribution in [3.05, 3.63) is 58.9 Å². The molecule has 22 heavy (non-hydrogen) atoms. The van der Waals surface area contributed by atoms with Crippen molar-refractivity contribution in [1.29, 1.82) is 0 Å². The summed E-state index contributed by atoms with van der Waals surface area (Å²) in [5, 5.41) is 3.54. The minimum Gasteiger partial charge on any atom is -0.371 e. The highest BCUT2D eigenvalue weighted by atomic mass is 35.5. The van der Waals surface area contributed by atoms with Crippen LogP contribution in [0.15, 0.2) is 42.6 Å². The van der Waals surface area contributed by atoms with Gasteiger partial charge in [0.2, 0.25) is 0 Å². The lowest BCUT2D eigenvalue weighted by atomic mass is 10.2. The number of rotatable bonds is 6. The van der Waals surface area contributed by atoms with E-state index in [4.69, 9.17) is 11.6 Å². The monoisotopic (exact) mass is 317 g/mol. The Morgan fingerprint density at radius 1 is 1.14 bits per heavy atom. The molecule has 2 aromatic rings. The van der Waals surface area contributed by atoms with Crippen molar-refractivity contribution >= 4 is 23.2 Å². The minimum absolute atomic E-state index is 0.180. The molecular weight excluding hydrogens is 298 g/mol. The molecule has 0 spiro atoms. The van der Waals surface area contributed by atoms with Crippen LogP contribution in [-0.2, 0) is 6.54 Å². The lowest BCUT2D eigenvalue weighted by Crippen LogP contribution is -2.25. The number of hydrogen-bond acceptors (Lipinski definition) is 3. The lowest BCUT2D eigenvalue weighted by molar-refractivity contribution is 0.0946. The zero-order valence-electron chi connectivity index (χ0n) is 12.8. The predicted octanol–water partition coefficient (Wildman–Crippen LogP) is 3.51. The summed E-state index contributed by atoms with van der Waals surface area (Å²) in [4.78, 5) is 18.5. The van der Waals surface area contributed by atoms with Crippen molar-refractivity contribution in [1.82, 2.24) is 10.3 Å². The van der Waals surface area contributed by atoms with Crippen LogP contribution >= 0.6 is 11.6 Å². The zero-order chi connectivity index (χ0) is 15.9. The highest BCUT2D eigenvalue weighted by Gasteiger charge is 2.08. The maximum Gasteiger partial charge on any atom is 0.270 e. The molecule has 0 saturated carbocycles. The first kappa shape index (κ1) is 16.3. The summed E-state index contributed by atoms with van der Waals surface area (Å²) >= 11 is 5.83. The van der Waals surface area contributed by atoms with Gasteiger partial charge in [-0.05, 0) is 43.7 Å². The Hall–Kier alpha value is -2.07. The summed E-state index contributed by atoms with van der Waals surface area (Å²) in [6.45, 7) is 6.47. The van der Waals surface area contributed by atoms with Crippen LogP contribution in [0, 0.1) is 0 Å². The number of pyridine rings is 1. The summed E-state index contributed by atoms with van der Waals surface area (Å²) in [5.41, 5.74) is 2.45. The highest BCUT2D eigenvalue weighted by Crippen LogP contribution is 2.13. The van der Waals surface area contributed by atoms with Gasteiger partial charge in [0.1, 0.15) is 5.69 Å². The second-order valence-corrected chi connectivity index (χ2v) is 5.32. The molecule has 0 aliphatic heterocycles. The number of anilines is 1. The van der Waals surface area contributed by atoms with Crippen molar-refractivity contribution in [3.8, 4) is 0 Å². The minimum atomic E-state index is -0.180. The smallest absolute Gasteiger partial charge is 0.270 e. The largest absolute Gasteiger partial charge is 0.371 e. The van der Waals surface area contributed by atoms with Crippen LogP contribution in [0.1, 0.15) is 29.9 Å². The number of benzene rings is 1. The lowest BCUT2D eigenvalue weighted by Gasteiger charge is -2.20. The van der Waals surface area contributed by atoms with Gasteiger partial charge in [-0.2, -0.15) is 0 Å². The molecular formula is C17H20ClN3O. The van der Waals surface area contributed by atoms with Gasteiger partial charge in [0.15, 0.2) is 0 Å². The molecule has 1 aromatic carbocycles. The normalized spacial score (nSPS) is 10.3. The van der Waals surface area contributed by atoms with Gasteiger partial charge >= 0.3 is 0 Å². The van der Waals surface area contributed by atoms with Crippen molar-refractivity contribution in [2.24, 2.45) is 0 Å². The highest BCUT2D eigenvalue weighted by molar-refractivity contribution is 6.30. The van der Waals surface area contributed by atoms with Gasteiger partial charge in [-0.1, -0.05) is 23.7 Å². The number of aromatic nitrogens is 1. The fraction of sp³-hybridized carbons (Fsp3) is 0.294. The molecule has 5 heteroatoms. The van der Waals surface area contributed by atoms with Crippen molar-refractivity contribution in [2.45, 2.75) is 20.4 Å². The van der Waals surface area contributed by atoms with E-state index < -0.39 is 0 Å². The van der Waals surface area contributed by atoms with Gasteiger partial charge in [0, 0.05) is 24.7 Å². The SMILES string of the molecule is CCN(CC)c1ccc(C(=O)NCc2ccc(Cl)cc2)nc1. The Bertz CT molecular complexity index is 607. The van der Waals surface area contributed by atoms with Gasteiger partial charge in [-0.3, -0.25) is 4.79 Å². The fourth-order valence-electron chi connectivity index (χ4n) is 2.17. The van der Waals surface area contributed by atoms with Crippen LogP contribution in [0.2, 0.25) is 5.02 Å². The molecule has 0 unspecified atom stereocenters. The molecule has 1 N–H and O–H groups in total. The first-order chi connectivity index (χ1) is 10.6. The third-order valence-electron chi connectivity index (χ3n) is 3.48. The molecule has 0 fully saturated rings. The molecule has 1 heterocycles. The summed E-state index contributed by atoms with van der Waals surface area (Å²) in [6.07, 6.45) is 1.74. The predicted molar refractivity (Wildman–Crippen MR) is 90.4 cm³/mol. The molecule has 116 valence electrons. The Kier molecular flexibility index (Phi) is 5.78. The molecule has 0 atom stereocenters. The quantitative estimate of drug-likeness (QED) is 0.886. The molecule has 1 amide bonds. The van der Waals surface area contributed by atoms with Crippen LogP contribution in [0.3, 0.4) is 0 Å². The van der Waals surface area contributed by atoms with E-state index >= 15 is 0 Å². The fourth-order valence-corrected chi connectivity index (χ4v) is 2.30. The van der Waals surface area contributed by atoms with E-state index in [1.54, 1.807) is 24.4 Å². The van der Waals surface area contributed by atoms with Gasteiger partial charge in [-0.25, -0.2) is 4.98 Å². The number of halogens is 1. The average molecular weight is 318 g/mol. The van der Waals surface area contributed by atoms with Crippen LogP contribution in [-0.4, -0.2) is 24.0 Å². The first-order valence-corrected chi connectivity index (χ1v) is 7.75. The van der Waals surface area contributed by atoms with Crippen molar-refractivity contribution in [3.63, 3.8) is 0 Å². The molecule has 0 aliphatic rings. The van der Waals surface area contributed by atoms with E-state index in [0.29, 0.717) is 17.3 Å². The van der Waals surface area contributed by atoms with Crippen LogP contribution in [0.4, 0.5) is 5.69 Å². The number of carbonyl (C=O) groups excluding carboxylic acids is 1. The van der Waals surface area contributed by atoms with Gasteiger partial charge in [0.05, 0.1) is 11.9 Å². The van der Waals surface area contributed by atoms with E-state index in [-0.39, 0.29) is 5.91 Å². The molecule has 0 saturated heterocycles. The number of amides is 1. The summed E-state index contributed by atoms with van der Waals surface area (Å²) in [7, 11) is 0. The average Bonchev–Trinajstić information content (AvgIpc) is 2.56. The van der Waals surface area contributed by atoms with Crippen LogP contribution in [0.25, 0.3) is 0 Å². The third-order valence-corrected chi connectivity index (χ3v) is 3.73. The molecule has 1 aromatic heterocycles. The molecule has 0 aliphatic carbocycles. The molecule has 0 radical (unpaired) electrons. The van der Waals surface area contributed by atoms with Gasteiger partial charge < -0.3 is 10.2 Å². The number of hydrogen-bond donors (Lipinski definition) is 1. The first-order valence-electron chi connectivity index (χ1n) is 7.37. The molecule has 0 bridgehead atoms. The van der Waals surface area contributed by atoms with E-state index in [1.165, 1.54) is 0 Å². The van der Waals surface area contributed by atoms with E-state index in [9.17, 15) is 4.79 Å². The van der Waals surface area contributed by atoms with Gasteiger partial charge in [0.25, 0.3) is 5.91 Å². The summed E-state index contributed by atoms with van der Waals surface area (Å²) in [6, 6.07) is 11.1. The summed E-state index contributed by atoms with van der Waals surface area (Å²) in [5.74, 6) is -0.180. The standard InChI is InChI=1S/C17H20ClN3O/c1-3-21(4-2)15-9-10-16(19-12-15)17(22)20-11-13-5-7-14(18)8-6-13/h5-10,12H,3-4,11H2,1-2H3,(H,20,22). The topological polar surface area (TPSA) is 45.2 Å². The number of nitrogens with one attached hydrogen (secondary N) is 1. The van der Waals surface area contributed by atoms with E-state index in [1.807, 2.05) is 18.2 Å². The Morgan fingerprint density at radius 3 is 2.36 bits per heavy atom. The van der Waals surface area contributed by atoms with Crippen LogP contribution in [0.5, 0.6) is 0 Å². The summed E-state index contributed by atoms with van der Waals surface area (Å²) < 4.78 is 0. The zero-order valence-corrected chi connectivity index (χ0v) is 13.6. The molecule has 2 rings (SSSR count). The second-order valence-electron chi connectivity index (χ2n) is 4.88. The maximum atomic E-state index is 12.1. The van der Waals surface area contributed by atoms with Crippen LogP contribution < -0.4 is 10.2 Å². The maximum absolute atomic E-state index is 12.1. The number of nitrogens with zero attached hydrogens (tertiary/aromatic N) is 2. The van der Waals surface area contributed by atoms with Crippen molar-refractivity contribution < 1.29 is 4.79 Å². The Labute approximate surface area is 136 Å². The Morgan fingerprint density at radius 2 is 1.82 bits per heavy atom. The Balaban J connectivity index is 1.96. The second kappa shape index (κ2) is 7.80. The van der Waals surface area contributed by atoms with Crippen molar-refractivity contribution in [2.75, 3.05) is 18.0 Å². The number of carbonyl (C=O) groups is 1.